The fraction of sp³-hybridized carbons (Fsp3) is 0.500. The zero-order valence-electron chi connectivity index (χ0n) is 17.5. The fourth-order valence-electron chi connectivity index (χ4n) is 2.80. The second kappa shape index (κ2) is 10.2. The van der Waals surface area contributed by atoms with E-state index in [9.17, 15) is 4.79 Å². The van der Waals surface area contributed by atoms with Crippen molar-refractivity contribution in [2.75, 3.05) is 21.3 Å². The highest BCUT2D eigenvalue weighted by molar-refractivity contribution is 5.83. The van der Waals surface area contributed by atoms with Crippen LogP contribution in [0.5, 0.6) is 0 Å². The van der Waals surface area contributed by atoms with E-state index in [4.69, 9.17) is 14.2 Å². The van der Waals surface area contributed by atoms with Gasteiger partial charge in [0.25, 0.3) is 0 Å². The van der Waals surface area contributed by atoms with Crippen LogP contribution < -0.4 is 0 Å². The molecule has 0 aromatic rings. The van der Waals surface area contributed by atoms with Gasteiger partial charge in [-0.2, -0.15) is 0 Å². The Morgan fingerprint density at radius 3 is 2.19 bits per heavy atom. The van der Waals surface area contributed by atoms with Crippen molar-refractivity contribution in [2.45, 2.75) is 45.8 Å². The predicted molar refractivity (Wildman–Crippen MR) is 107 cm³/mol. The number of carbonyl (C=O) groups excluding carboxylic acids is 1. The van der Waals surface area contributed by atoms with Gasteiger partial charge in [0.1, 0.15) is 6.10 Å². The highest BCUT2D eigenvalue weighted by Crippen LogP contribution is 2.43. The molecule has 1 rings (SSSR count). The van der Waals surface area contributed by atoms with Gasteiger partial charge in [-0.3, -0.25) is 0 Å². The van der Waals surface area contributed by atoms with Crippen molar-refractivity contribution in [1.82, 2.24) is 0 Å². The molecule has 5 nitrogen and oxygen atoms in total. The Bertz CT molecular complexity index is 668. The molecule has 1 unspecified atom stereocenters. The molecule has 0 amide bonds. The maximum Gasteiger partial charge on any atom is 0.334 e. The van der Waals surface area contributed by atoms with Gasteiger partial charge in [0, 0.05) is 0 Å². The average Bonchev–Trinajstić information content (AvgIpc) is 3.31. The summed E-state index contributed by atoms with van der Waals surface area (Å²) in [7, 11) is 4.31. The van der Waals surface area contributed by atoms with Crippen LogP contribution in [0.1, 0.15) is 34.1 Å². The van der Waals surface area contributed by atoms with Gasteiger partial charge in [-0.25, -0.2) is 4.79 Å². The quantitative estimate of drug-likeness (QED) is 0.140. The number of ether oxygens (including phenoxy) is 4. The molecule has 1 aliphatic rings. The third-order valence-electron chi connectivity index (χ3n) is 4.74. The fourth-order valence-corrected chi connectivity index (χ4v) is 2.80. The van der Waals surface area contributed by atoms with E-state index in [1.54, 1.807) is 0 Å². The molecule has 0 aromatic heterocycles. The maximum atomic E-state index is 11.4. The number of allylic oxidation sites excluding steroid dienone is 5. The first kappa shape index (κ1) is 22.8. The second-order valence-corrected chi connectivity index (χ2v) is 6.96. The van der Waals surface area contributed by atoms with Crippen LogP contribution in [0.3, 0.4) is 0 Å². The molecule has 5 heteroatoms. The van der Waals surface area contributed by atoms with Crippen molar-refractivity contribution in [3.05, 3.63) is 59.6 Å². The molecule has 0 bridgehead atoms. The van der Waals surface area contributed by atoms with E-state index in [2.05, 4.69) is 38.2 Å². The molecule has 0 aromatic carbocycles. The number of hydrogen-bond donors (Lipinski definition) is 0. The molecule has 0 N–H and O–H groups in total. The van der Waals surface area contributed by atoms with Crippen LogP contribution in [0.2, 0.25) is 0 Å². The topological polar surface area (TPSA) is 57.3 Å². The monoisotopic (exact) mass is 376 g/mol. The van der Waals surface area contributed by atoms with Crippen LogP contribution >= 0.6 is 0 Å². The number of rotatable bonds is 10. The highest BCUT2D eigenvalue weighted by Gasteiger charge is 2.50. The van der Waals surface area contributed by atoms with E-state index < -0.39 is 5.97 Å². The Hall–Kier alpha value is -2.27. The number of methoxy groups -OCH3 is 3. The summed E-state index contributed by atoms with van der Waals surface area (Å²) in [5.74, 6) is 0.641. The first-order chi connectivity index (χ1) is 12.7. The summed E-state index contributed by atoms with van der Waals surface area (Å²) in [6.45, 7) is 12.2. The zero-order valence-corrected chi connectivity index (χ0v) is 17.5. The van der Waals surface area contributed by atoms with Crippen molar-refractivity contribution >= 4 is 5.97 Å². The molecule has 0 aliphatic carbocycles. The Morgan fingerprint density at radius 1 is 1.11 bits per heavy atom. The van der Waals surface area contributed by atoms with Crippen LogP contribution in [-0.2, 0) is 23.7 Å². The van der Waals surface area contributed by atoms with E-state index in [1.807, 2.05) is 25.2 Å². The lowest BCUT2D eigenvalue weighted by molar-refractivity contribution is -0.135. The molecule has 1 fully saturated rings. The lowest BCUT2D eigenvalue weighted by atomic mass is 9.89. The highest BCUT2D eigenvalue weighted by atomic mass is 16.6. The summed E-state index contributed by atoms with van der Waals surface area (Å²) in [6.07, 6.45) is 10.1. The third-order valence-corrected chi connectivity index (χ3v) is 4.74. The second-order valence-electron chi connectivity index (χ2n) is 6.96. The van der Waals surface area contributed by atoms with E-state index in [1.165, 1.54) is 33.0 Å². The Balaban J connectivity index is 2.87. The maximum absolute atomic E-state index is 11.4. The Kier molecular flexibility index (Phi) is 8.57. The van der Waals surface area contributed by atoms with Crippen molar-refractivity contribution in [3.63, 3.8) is 0 Å². The Morgan fingerprint density at radius 2 is 1.70 bits per heavy atom. The van der Waals surface area contributed by atoms with Gasteiger partial charge in [-0.1, -0.05) is 30.7 Å². The van der Waals surface area contributed by atoms with E-state index >= 15 is 0 Å². The number of esters is 1. The zero-order chi connectivity index (χ0) is 20.6. The van der Waals surface area contributed by atoms with E-state index in [0.717, 1.165) is 12.0 Å². The molecule has 150 valence electrons. The summed E-state index contributed by atoms with van der Waals surface area (Å²) < 4.78 is 20.9. The summed E-state index contributed by atoms with van der Waals surface area (Å²) in [5, 5.41) is 0. The van der Waals surface area contributed by atoms with Crippen LogP contribution in [0, 0.1) is 5.92 Å². The number of carbonyl (C=O) groups is 1. The third kappa shape index (κ3) is 6.75. The van der Waals surface area contributed by atoms with Crippen LogP contribution in [-0.4, -0.2) is 39.0 Å². The van der Waals surface area contributed by atoms with Gasteiger partial charge in [-0.15, -0.1) is 6.58 Å². The van der Waals surface area contributed by atoms with Gasteiger partial charge in [-0.05, 0) is 44.8 Å². The van der Waals surface area contributed by atoms with Crippen molar-refractivity contribution < 1.29 is 23.7 Å². The van der Waals surface area contributed by atoms with Crippen LogP contribution in [0.15, 0.2) is 59.6 Å². The smallest absolute Gasteiger partial charge is 0.334 e. The SMILES string of the molecule is C=C[C@H]1O[C@]1(C)CC(C)/C(C)=C/C=C(C)/C=C(OC)\C(=C/C(=O)OC)OC. The van der Waals surface area contributed by atoms with Crippen LogP contribution in [0.4, 0.5) is 0 Å². The first-order valence-corrected chi connectivity index (χ1v) is 8.95. The minimum atomic E-state index is -0.505. The normalized spacial score (nSPS) is 24.9. The van der Waals surface area contributed by atoms with E-state index in [-0.39, 0.29) is 11.7 Å². The summed E-state index contributed by atoms with van der Waals surface area (Å²) in [4.78, 5) is 11.4. The van der Waals surface area contributed by atoms with Gasteiger partial charge in [0.2, 0.25) is 0 Å². The summed E-state index contributed by atoms with van der Waals surface area (Å²) >= 11 is 0. The number of epoxide rings is 1. The molecule has 0 spiro atoms. The van der Waals surface area contributed by atoms with Gasteiger partial charge in [0.05, 0.1) is 33.0 Å². The van der Waals surface area contributed by atoms with Crippen molar-refractivity contribution in [3.8, 4) is 0 Å². The van der Waals surface area contributed by atoms with Gasteiger partial charge in [0.15, 0.2) is 11.5 Å². The summed E-state index contributed by atoms with van der Waals surface area (Å²) in [6, 6.07) is 0. The standard InChI is InChI=1S/C22H32O5/c1-9-20-22(5,27-20)14-17(4)16(3)11-10-15(2)12-18(24-6)19(25-7)13-21(23)26-8/h9-13,17,20H,1,14H2,2-8H3/b15-10+,16-11+,18-12+,19-13+/t17?,20-,22-/m1/s1. The van der Waals surface area contributed by atoms with Gasteiger partial charge < -0.3 is 18.9 Å². The molecule has 1 saturated heterocycles. The van der Waals surface area contributed by atoms with Crippen molar-refractivity contribution in [1.29, 1.82) is 0 Å². The molecule has 1 heterocycles. The molecule has 27 heavy (non-hydrogen) atoms. The van der Waals surface area contributed by atoms with Crippen molar-refractivity contribution in [2.24, 2.45) is 5.92 Å². The molecular weight excluding hydrogens is 344 g/mol. The minimum Gasteiger partial charge on any atom is -0.493 e. The lowest BCUT2D eigenvalue weighted by Gasteiger charge is -2.15. The first-order valence-electron chi connectivity index (χ1n) is 8.95. The Labute approximate surface area is 163 Å². The van der Waals surface area contributed by atoms with E-state index in [0.29, 0.717) is 17.4 Å². The molecule has 1 aliphatic heterocycles. The average molecular weight is 376 g/mol. The summed E-state index contributed by atoms with van der Waals surface area (Å²) in [5.41, 5.74) is 2.13. The molecule has 0 radical (unpaired) electrons. The van der Waals surface area contributed by atoms with Gasteiger partial charge >= 0.3 is 5.97 Å². The largest absolute Gasteiger partial charge is 0.493 e. The molecular formula is C22H32O5. The lowest BCUT2D eigenvalue weighted by Crippen LogP contribution is -2.14. The predicted octanol–water partition coefficient (Wildman–Crippen LogP) is 4.48. The molecule has 0 saturated carbocycles. The van der Waals surface area contributed by atoms with Crippen LogP contribution in [0.25, 0.3) is 0 Å². The molecule has 3 atom stereocenters. The minimum absolute atomic E-state index is 0.0931. The number of hydrogen-bond acceptors (Lipinski definition) is 5.